The van der Waals surface area contributed by atoms with Crippen molar-refractivity contribution in [2.45, 2.75) is 25.2 Å². The summed E-state index contributed by atoms with van der Waals surface area (Å²) in [5.74, 6) is -0.627. The van der Waals surface area contributed by atoms with E-state index in [0.29, 0.717) is 11.1 Å². The molecule has 0 spiro atoms. The third kappa shape index (κ3) is 8.38. The lowest BCUT2D eigenvalue weighted by Crippen LogP contribution is -2.25. The lowest BCUT2D eigenvalue weighted by molar-refractivity contribution is -0.385. The summed E-state index contributed by atoms with van der Waals surface area (Å²) < 4.78 is 10.6. The molecule has 0 aliphatic heterocycles. The minimum Gasteiger partial charge on any atom is -0.481 e. The van der Waals surface area contributed by atoms with Gasteiger partial charge in [0.1, 0.15) is 11.5 Å². The van der Waals surface area contributed by atoms with Gasteiger partial charge in [-0.2, -0.15) is 0 Å². The molecule has 0 aliphatic carbocycles. The first-order valence-corrected chi connectivity index (χ1v) is 13.3. The lowest BCUT2D eigenvalue weighted by atomic mass is 9.73. The van der Waals surface area contributed by atoms with Crippen LogP contribution >= 0.6 is 0 Å². The molecule has 45 heavy (non-hydrogen) atoms. The molecule has 4 rings (SSSR count). The highest BCUT2D eigenvalue weighted by molar-refractivity contribution is 5.87. The van der Waals surface area contributed by atoms with E-state index in [9.17, 15) is 39.7 Å². The second kappa shape index (κ2) is 13.8. The molecule has 3 N–H and O–H groups in total. The highest BCUT2D eigenvalue weighted by Crippen LogP contribution is 2.38. The van der Waals surface area contributed by atoms with E-state index < -0.39 is 33.4 Å². The molecule has 0 fully saturated rings. The summed E-state index contributed by atoms with van der Waals surface area (Å²) in [4.78, 5) is 57.0. The van der Waals surface area contributed by atoms with E-state index in [1.54, 1.807) is 24.3 Å². The first kappa shape index (κ1) is 31.6. The number of carbonyl (C=O) groups is 3. The van der Waals surface area contributed by atoms with Gasteiger partial charge < -0.3 is 14.6 Å². The normalized spacial score (nSPS) is 10.8. The summed E-state index contributed by atoms with van der Waals surface area (Å²) in [6, 6.07) is 23.7. The summed E-state index contributed by atoms with van der Waals surface area (Å²) in [5.41, 5.74) is 0.593. The van der Waals surface area contributed by atoms with Gasteiger partial charge in [0.15, 0.2) is 0 Å². The molecule has 0 saturated heterocycles. The zero-order valence-electron chi connectivity index (χ0n) is 23.7. The van der Waals surface area contributed by atoms with Crippen molar-refractivity contribution < 1.29 is 38.8 Å². The first-order chi connectivity index (χ1) is 21.4. The maximum atomic E-state index is 12.4. The van der Waals surface area contributed by atoms with E-state index in [4.69, 9.17) is 9.47 Å². The minimum atomic E-state index is -0.989. The molecule has 4 aromatic carbocycles. The van der Waals surface area contributed by atoms with Crippen molar-refractivity contribution in [2.75, 3.05) is 10.6 Å². The molecule has 0 bridgehead atoms. The number of rotatable bonds is 11. The number of carboxylic acid groups (broad SMARTS) is 1. The van der Waals surface area contributed by atoms with Gasteiger partial charge in [0, 0.05) is 36.1 Å². The minimum absolute atomic E-state index is 0.149. The van der Waals surface area contributed by atoms with Gasteiger partial charge in [-0.1, -0.05) is 43.3 Å². The summed E-state index contributed by atoms with van der Waals surface area (Å²) in [5, 5.41) is 36.2. The fourth-order valence-electron chi connectivity index (χ4n) is 4.49. The third-order valence-corrected chi connectivity index (χ3v) is 6.85. The Morgan fingerprint density at radius 1 is 0.711 bits per heavy atom. The molecule has 14 nitrogen and oxygen atoms in total. The predicted molar refractivity (Wildman–Crippen MR) is 162 cm³/mol. The average Bonchev–Trinajstić information content (AvgIpc) is 3.00. The summed E-state index contributed by atoms with van der Waals surface area (Å²) >= 11 is 0. The summed E-state index contributed by atoms with van der Waals surface area (Å²) in [7, 11) is 0. The van der Waals surface area contributed by atoms with Gasteiger partial charge in [-0.25, -0.2) is 9.59 Å². The molecule has 0 aromatic heterocycles. The molecule has 0 saturated carbocycles. The fraction of sp³-hybridized carbons (Fsp3) is 0.129. The molecule has 0 heterocycles. The van der Waals surface area contributed by atoms with Crippen LogP contribution in [0, 0.1) is 20.2 Å². The van der Waals surface area contributed by atoms with E-state index >= 15 is 0 Å². The molecule has 2 amide bonds. The standard InChI is InChI=1S/C31H26N4O10/c1-31(17-16-28(36)37,20-8-12-26(13-9-20)44-29(38)32-22-4-2-6-24(18-22)34(40)41)21-10-14-27(15-11-21)45-30(39)33-23-5-3-7-25(19-23)35(42)43/h2-15,18-19H,16-17H2,1H3,(H,32,38)(H,33,39)(H,36,37). The molecule has 4 aromatic rings. The number of nitro benzene ring substituents is 2. The average molecular weight is 615 g/mol. The molecule has 0 unspecified atom stereocenters. The number of nitrogens with one attached hydrogen (secondary N) is 2. The highest BCUT2D eigenvalue weighted by atomic mass is 16.6. The number of amides is 2. The Hall–Kier alpha value is -6.31. The number of carboxylic acids is 1. The number of hydrogen-bond acceptors (Lipinski definition) is 9. The lowest BCUT2D eigenvalue weighted by Gasteiger charge is -2.31. The quantitative estimate of drug-likeness (QED) is 0.118. The second-order valence-electron chi connectivity index (χ2n) is 9.92. The van der Waals surface area contributed by atoms with Crippen LogP contribution in [-0.4, -0.2) is 33.1 Å². The maximum absolute atomic E-state index is 12.4. The number of aliphatic carboxylic acids is 1. The molecule has 230 valence electrons. The van der Waals surface area contributed by atoms with Crippen LogP contribution in [0.1, 0.15) is 30.9 Å². The number of ether oxygens (including phenoxy) is 2. The molecule has 0 aliphatic rings. The molecular weight excluding hydrogens is 588 g/mol. The maximum Gasteiger partial charge on any atom is 0.417 e. The number of nitro groups is 2. The van der Waals surface area contributed by atoms with E-state index in [2.05, 4.69) is 10.6 Å². The Balaban J connectivity index is 1.46. The van der Waals surface area contributed by atoms with Crippen molar-refractivity contribution in [3.8, 4) is 11.5 Å². The van der Waals surface area contributed by atoms with Gasteiger partial charge >= 0.3 is 18.2 Å². The highest BCUT2D eigenvalue weighted by Gasteiger charge is 2.30. The van der Waals surface area contributed by atoms with E-state index in [1.807, 2.05) is 6.92 Å². The van der Waals surface area contributed by atoms with Crippen molar-refractivity contribution in [1.29, 1.82) is 0 Å². The van der Waals surface area contributed by atoms with E-state index in [1.165, 1.54) is 72.8 Å². The van der Waals surface area contributed by atoms with E-state index in [0.717, 1.165) is 0 Å². The monoisotopic (exact) mass is 614 g/mol. The predicted octanol–water partition coefficient (Wildman–Crippen LogP) is 6.90. The number of benzene rings is 4. The van der Waals surface area contributed by atoms with Crippen LogP contribution in [-0.2, 0) is 10.2 Å². The Morgan fingerprint density at radius 2 is 1.11 bits per heavy atom. The van der Waals surface area contributed by atoms with Crippen molar-refractivity contribution in [1.82, 2.24) is 0 Å². The van der Waals surface area contributed by atoms with Gasteiger partial charge in [-0.3, -0.25) is 35.7 Å². The largest absolute Gasteiger partial charge is 0.481 e. The van der Waals surface area contributed by atoms with Crippen LogP contribution in [0.25, 0.3) is 0 Å². The summed E-state index contributed by atoms with van der Waals surface area (Å²) in [6.07, 6.45) is -1.66. The van der Waals surface area contributed by atoms with Gasteiger partial charge in [0.2, 0.25) is 0 Å². The number of nitrogens with zero attached hydrogens (tertiary/aromatic N) is 2. The Bertz CT molecular complexity index is 1620. The smallest absolute Gasteiger partial charge is 0.417 e. The van der Waals surface area contributed by atoms with Gasteiger partial charge in [0.25, 0.3) is 11.4 Å². The van der Waals surface area contributed by atoms with Gasteiger partial charge in [0.05, 0.1) is 21.2 Å². The molecule has 14 heteroatoms. The SMILES string of the molecule is CC(CCC(=O)O)(c1ccc(OC(=O)Nc2cccc([N+](=O)[O-])c2)cc1)c1ccc(OC(=O)Nc2cccc([N+](=O)[O-])c2)cc1. The van der Waals surface area contributed by atoms with Crippen LogP contribution < -0.4 is 20.1 Å². The first-order valence-electron chi connectivity index (χ1n) is 13.3. The fourth-order valence-corrected chi connectivity index (χ4v) is 4.49. The van der Waals surface area contributed by atoms with Gasteiger partial charge in [-0.05, 0) is 53.9 Å². The molecule has 0 radical (unpaired) electrons. The van der Waals surface area contributed by atoms with E-state index in [-0.39, 0.29) is 47.1 Å². The number of anilines is 2. The number of hydrogen-bond donors (Lipinski definition) is 3. The Labute approximate surface area is 255 Å². The Kier molecular flexibility index (Phi) is 9.68. The van der Waals surface area contributed by atoms with Crippen LogP contribution in [0.2, 0.25) is 0 Å². The number of carbonyl (C=O) groups excluding carboxylic acids is 2. The van der Waals surface area contributed by atoms with Crippen molar-refractivity contribution in [2.24, 2.45) is 0 Å². The van der Waals surface area contributed by atoms with Crippen LogP contribution in [0.3, 0.4) is 0 Å². The van der Waals surface area contributed by atoms with Crippen molar-refractivity contribution in [3.63, 3.8) is 0 Å². The third-order valence-electron chi connectivity index (χ3n) is 6.85. The van der Waals surface area contributed by atoms with Crippen molar-refractivity contribution in [3.05, 3.63) is 128 Å². The topological polar surface area (TPSA) is 200 Å². The van der Waals surface area contributed by atoms with Crippen LogP contribution in [0.5, 0.6) is 11.5 Å². The van der Waals surface area contributed by atoms with Crippen LogP contribution in [0.15, 0.2) is 97.1 Å². The summed E-state index contributed by atoms with van der Waals surface area (Å²) in [6.45, 7) is 1.85. The Morgan fingerprint density at radius 3 is 1.47 bits per heavy atom. The second-order valence-corrected chi connectivity index (χ2v) is 9.92. The van der Waals surface area contributed by atoms with Crippen LogP contribution in [0.4, 0.5) is 32.3 Å². The molecular formula is C31H26N4O10. The zero-order valence-corrected chi connectivity index (χ0v) is 23.7. The van der Waals surface area contributed by atoms with Gasteiger partial charge in [-0.15, -0.1) is 0 Å². The number of non-ortho nitro benzene ring substituents is 2. The molecule has 0 atom stereocenters. The van der Waals surface area contributed by atoms with Crippen molar-refractivity contribution >= 4 is 40.9 Å². The zero-order chi connectivity index (χ0) is 32.6.